The Morgan fingerprint density at radius 1 is 1.22 bits per heavy atom. The number of nitrogens with zero attached hydrogens (tertiary/aromatic N) is 2. The summed E-state index contributed by atoms with van der Waals surface area (Å²) in [7, 11) is 0. The first-order chi connectivity index (χ1) is 13.1. The van der Waals surface area contributed by atoms with Gasteiger partial charge in [0, 0.05) is 17.7 Å². The molecular weight excluding hydrogens is 351 g/mol. The van der Waals surface area contributed by atoms with Gasteiger partial charge in [0.2, 0.25) is 0 Å². The predicted octanol–water partition coefficient (Wildman–Crippen LogP) is 2.83. The SMILES string of the molecule is Cc1nc2cc3c(cc2n1C[C@H](O)COCc1ccccc1F)OCCO3. The van der Waals surface area contributed by atoms with E-state index in [1.165, 1.54) is 6.07 Å². The number of imidazole rings is 1. The first-order valence-corrected chi connectivity index (χ1v) is 8.87. The quantitative estimate of drug-likeness (QED) is 0.721. The largest absolute Gasteiger partial charge is 0.486 e. The van der Waals surface area contributed by atoms with Crippen LogP contribution in [-0.4, -0.2) is 40.6 Å². The van der Waals surface area contributed by atoms with Gasteiger partial charge in [-0.05, 0) is 13.0 Å². The molecule has 3 aromatic rings. The van der Waals surface area contributed by atoms with Crippen molar-refractivity contribution in [3.8, 4) is 11.5 Å². The summed E-state index contributed by atoms with van der Waals surface area (Å²) >= 11 is 0. The molecule has 0 fully saturated rings. The molecule has 0 aliphatic carbocycles. The molecule has 0 saturated heterocycles. The monoisotopic (exact) mass is 372 g/mol. The average molecular weight is 372 g/mol. The van der Waals surface area contributed by atoms with E-state index >= 15 is 0 Å². The van der Waals surface area contributed by atoms with E-state index in [0.717, 1.165) is 16.9 Å². The van der Waals surface area contributed by atoms with Crippen molar-refractivity contribution in [1.82, 2.24) is 9.55 Å². The summed E-state index contributed by atoms with van der Waals surface area (Å²) in [6, 6.07) is 10.2. The van der Waals surface area contributed by atoms with Crippen molar-refractivity contribution in [3.63, 3.8) is 0 Å². The summed E-state index contributed by atoms with van der Waals surface area (Å²) in [5.41, 5.74) is 2.12. The first kappa shape index (κ1) is 17.8. The van der Waals surface area contributed by atoms with E-state index in [4.69, 9.17) is 14.2 Å². The minimum Gasteiger partial charge on any atom is -0.486 e. The molecular formula is C20H21FN2O4. The number of rotatable bonds is 6. The normalized spacial score (nSPS) is 14.5. The highest BCUT2D eigenvalue weighted by Crippen LogP contribution is 2.34. The third-order valence-corrected chi connectivity index (χ3v) is 4.52. The molecule has 7 heteroatoms. The van der Waals surface area contributed by atoms with E-state index in [-0.39, 0.29) is 19.0 Å². The van der Waals surface area contributed by atoms with Gasteiger partial charge in [0.15, 0.2) is 11.5 Å². The zero-order chi connectivity index (χ0) is 18.8. The predicted molar refractivity (Wildman–Crippen MR) is 97.5 cm³/mol. The Bertz CT molecular complexity index is 957. The minimum absolute atomic E-state index is 0.0952. The van der Waals surface area contributed by atoms with Crippen LogP contribution in [-0.2, 0) is 17.9 Å². The molecule has 0 radical (unpaired) electrons. The molecule has 1 N–H and O–H groups in total. The minimum atomic E-state index is -0.749. The number of aryl methyl sites for hydroxylation is 1. The Labute approximate surface area is 156 Å². The Kier molecular flexibility index (Phi) is 4.96. The van der Waals surface area contributed by atoms with E-state index < -0.39 is 6.10 Å². The fourth-order valence-electron chi connectivity index (χ4n) is 3.20. The number of fused-ring (bicyclic) bond motifs is 2. The fourth-order valence-corrected chi connectivity index (χ4v) is 3.20. The number of benzene rings is 2. The van der Waals surface area contributed by atoms with Crippen molar-refractivity contribution in [2.24, 2.45) is 0 Å². The summed E-state index contributed by atoms with van der Waals surface area (Å²) in [6.07, 6.45) is -0.749. The van der Waals surface area contributed by atoms with Crippen LogP contribution in [0.1, 0.15) is 11.4 Å². The molecule has 0 unspecified atom stereocenters. The Morgan fingerprint density at radius 3 is 2.74 bits per heavy atom. The van der Waals surface area contributed by atoms with Gasteiger partial charge in [0.05, 0.1) is 36.9 Å². The third kappa shape index (κ3) is 3.74. The summed E-state index contributed by atoms with van der Waals surface area (Å²) < 4.78 is 32.2. The zero-order valence-corrected chi connectivity index (χ0v) is 15.0. The highest BCUT2D eigenvalue weighted by Gasteiger charge is 2.18. The van der Waals surface area contributed by atoms with Crippen molar-refractivity contribution in [1.29, 1.82) is 0 Å². The lowest BCUT2D eigenvalue weighted by Gasteiger charge is -2.19. The van der Waals surface area contributed by atoms with Gasteiger partial charge >= 0.3 is 0 Å². The van der Waals surface area contributed by atoms with E-state index in [9.17, 15) is 9.50 Å². The van der Waals surface area contributed by atoms with Gasteiger partial charge in [-0.1, -0.05) is 18.2 Å². The van der Waals surface area contributed by atoms with Gasteiger partial charge in [0.1, 0.15) is 24.9 Å². The number of hydrogen-bond acceptors (Lipinski definition) is 5. The van der Waals surface area contributed by atoms with Gasteiger partial charge in [-0.3, -0.25) is 0 Å². The topological polar surface area (TPSA) is 65.7 Å². The van der Waals surface area contributed by atoms with Crippen molar-refractivity contribution in [2.75, 3.05) is 19.8 Å². The Balaban J connectivity index is 1.44. The summed E-state index contributed by atoms with van der Waals surface area (Å²) in [4.78, 5) is 4.54. The maximum atomic E-state index is 13.6. The number of aromatic nitrogens is 2. The molecule has 6 nitrogen and oxygen atoms in total. The van der Waals surface area contributed by atoms with Crippen molar-refractivity contribution in [3.05, 3.63) is 53.6 Å². The number of aliphatic hydroxyl groups excluding tert-OH is 1. The van der Waals surface area contributed by atoms with Crippen LogP contribution < -0.4 is 9.47 Å². The highest BCUT2D eigenvalue weighted by molar-refractivity contribution is 5.80. The molecule has 0 spiro atoms. The number of hydrogen-bond donors (Lipinski definition) is 1. The van der Waals surface area contributed by atoms with Gasteiger partial charge in [-0.2, -0.15) is 0 Å². The van der Waals surface area contributed by atoms with Crippen molar-refractivity contribution < 1.29 is 23.7 Å². The molecule has 2 aromatic carbocycles. The molecule has 0 bridgehead atoms. The second-order valence-electron chi connectivity index (χ2n) is 6.51. The Hall–Kier alpha value is -2.64. The molecule has 1 atom stereocenters. The second kappa shape index (κ2) is 7.54. The second-order valence-corrected chi connectivity index (χ2v) is 6.51. The molecule has 2 heterocycles. The van der Waals surface area contributed by atoms with Crippen molar-refractivity contribution in [2.45, 2.75) is 26.2 Å². The van der Waals surface area contributed by atoms with Crippen molar-refractivity contribution >= 4 is 11.0 Å². The number of aliphatic hydroxyl groups is 1. The maximum absolute atomic E-state index is 13.6. The van der Waals surface area contributed by atoms with E-state index in [2.05, 4.69) is 4.98 Å². The van der Waals surface area contributed by atoms with Gasteiger partial charge in [-0.25, -0.2) is 9.37 Å². The van der Waals surface area contributed by atoms with E-state index in [1.807, 2.05) is 23.6 Å². The van der Waals surface area contributed by atoms with Crippen LogP contribution in [0.2, 0.25) is 0 Å². The van der Waals surface area contributed by atoms with Gasteiger partial charge < -0.3 is 23.9 Å². The molecule has 0 amide bonds. The van der Waals surface area contributed by atoms with Crippen LogP contribution in [0, 0.1) is 12.7 Å². The summed E-state index contributed by atoms with van der Waals surface area (Å²) in [5, 5.41) is 10.4. The van der Waals surface area contributed by atoms with E-state index in [1.54, 1.807) is 18.2 Å². The molecule has 1 aromatic heterocycles. The van der Waals surface area contributed by atoms with Crippen LogP contribution in [0.3, 0.4) is 0 Å². The molecule has 1 aliphatic rings. The maximum Gasteiger partial charge on any atom is 0.163 e. The molecule has 0 saturated carbocycles. The lowest BCUT2D eigenvalue weighted by atomic mass is 10.2. The molecule has 4 rings (SSSR count). The summed E-state index contributed by atoms with van der Waals surface area (Å²) in [6.45, 7) is 3.45. The first-order valence-electron chi connectivity index (χ1n) is 8.87. The lowest BCUT2D eigenvalue weighted by molar-refractivity contribution is 0.0197. The molecule has 27 heavy (non-hydrogen) atoms. The van der Waals surface area contributed by atoms with Crippen LogP contribution in [0.15, 0.2) is 36.4 Å². The van der Waals surface area contributed by atoms with Gasteiger partial charge in [-0.15, -0.1) is 0 Å². The van der Waals surface area contributed by atoms with Crippen LogP contribution in [0.25, 0.3) is 11.0 Å². The van der Waals surface area contributed by atoms with Crippen LogP contribution in [0.4, 0.5) is 4.39 Å². The summed E-state index contributed by atoms with van der Waals surface area (Å²) in [5.74, 6) is 1.84. The molecule has 142 valence electrons. The Morgan fingerprint density at radius 2 is 1.96 bits per heavy atom. The average Bonchev–Trinajstić information content (AvgIpc) is 2.96. The smallest absolute Gasteiger partial charge is 0.163 e. The molecule has 1 aliphatic heterocycles. The number of halogens is 1. The van der Waals surface area contributed by atoms with Crippen LogP contribution >= 0.6 is 0 Å². The van der Waals surface area contributed by atoms with E-state index in [0.29, 0.717) is 36.8 Å². The lowest BCUT2D eigenvalue weighted by Crippen LogP contribution is -2.22. The fraction of sp³-hybridized carbons (Fsp3) is 0.350. The van der Waals surface area contributed by atoms with Gasteiger partial charge in [0.25, 0.3) is 0 Å². The third-order valence-electron chi connectivity index (χ3n) is 4.52. The standard InChI is InChI=1S/C20H21FN2O4/c1-13-22-17-8-19-20(27-7-6-26-19)9-18(17)23(13)10-15(24)12-25-11-14-4-2-3-5-16(14)21/h2-5,8-9,15,24H,6-7,10-12H2,1H3/t15-/m0/s1. The highest BCUT2D eigenvalue weighted by atomic mass is 19.1. The number of ether oxygens (including phenoxy) is 3. The van der Waals surface area contributed by atoms with Crippen LogP contribution in [0.5, 0.6) is 11.5 Å². The zero-order valence-electron chi connectivity index (χ0n) is 15.0.